The molecule has 3 heteroatoms. The van der Waals surface area contributed by atoms with Crippen LogP contribution in [0.3, 0.4) is 0 Å². The van der Waals surface area contributed by atoms with Crippen LogP contribution >= 0.6 is 0 Å². The Hall–Kier alpha value is -1.09. The number of aromatic nitrogens is 2. The van der Waals surface area contributed by atoms with Gasteiger partial charge < -0.3 is 9.67 Å². The van der Waals surface area contributed by atoms with E-state index in [4.69, 9.17) is 5.11 Å². The van der Waals surface area contributed by atoms with Crippen LogP contribution in [0.4, 0.5) is 0 Å². The number of imidazole rings is 1. The SMILES string of the molecule is CC(C)/C(=C\c1cn(C)cn1)CO. The van der Waals surface area contributed by atoms with E-state index in [0.29, 0.717) is 5.92 Å². The third-order valence-corrected chi connectivity index (χ3v) is 1.98. The summed E-state index contributed by atoms with van der Waals surface area (Å²) in [6, 6.07) is 0. The number of aliphatic hydroxyl groups excluding tert-OH is 1. The molecule has 1 aromatic rings. The maximum atomic E-state index is 9.06. The van der Waals surface area contributed by atoms with E-state index in [9.17, 15) is 0 Å². The zero-order chi connectivity index (χ0) is 9.84. The first-order valence-corrected chi connectivity index (χ1v) is 4.42. The Morgan fingerprint density at radius 3 is 2.77 bits per heavy atom. The monoisotopic (exact) mass is 180 g/mol. The van der Waals surface area contributed by atoms with Crippen molar-refractivity contribution in [1.29, 1.82) is 0 Å². The number of rotatable bonds is 3. The van der Waals surface area contributed by atoms with Crippen LogP contribution < -0.4 is 0 Å². The molecule has 0 saturated carbocycles. The Bertz CT molecular complexity index is 300. The van der Waals surface area contributed by atoms with Gasteiger partial charge in [-0.1, -0.05) is 13.8 Å². The van der Waals surface area contributed by atoms with Gasteiger partial charge in [0.2, 0.25) is 0 Å². The van der Waals surface area contributed by atoms with E-state index in [1.807, 2.05) is 23.9 Å². The minimum Gasteiger partial charge on any atom is -0.392 e. The lowest BCUT2D eigenvalue weighted by Crippen LogP contribution is -1.98. The predicted octanol–water partition coefficient (Wildman–Crippen LogP) is 1.45. The van der Waals surface area contributed by atoms with Crippen molar-refractivity contribution in [2.45, 2.75) is 13.8 Å². The highest BCUT2D eigenvalue weighted by atomic mass is 16.3. The molecule has 0 radical (unpaired) electrons. The zero-order valence-electron chi connectivity index (χ0n) is 8.36. The second-order valence-corrected chi connectivity index (χ2v) is 3.50. The second kappa shape index (κ2) is 4.23. The summed E-state index contributed by atoms with van der Waals surface area (Å²) in [5.41, 5.74) is 1.92. The molecule has 0 aromatic carbocycles. The number of aliphatic hydroxyl groups is 1. The van der Waals surface area contributed by atoms with Gasteiger partial charge in [0, 0.05) is 13.2 Å². The highest BCUT2D eigenvalue weighted by Crippen LogP contribution is 2.12. The van der Waals surface area contributed by atoms with Crippen molar-refractivity contribution < 1.29 is 5.11 Å². The average Bonchev–Trinajstić information content (AvgIpc) is 2.46. The molecule has 72 valence electrons. The molecule has 1 rings (SSSR count). The van der Waals surface area contributed by atoms with Crippen LogP contribution in [0, 0.1) is 5.92 Å². The van der Waals surface area contributed by atoms with Gasteiger partial charge in [0.15, 0.2) is 0 Å². The predicted molar refractivity (Wildman–Crippen MR) is 53.1 cm³/mol. The molecule has 0 bridgehead atoms. The quantitative estimate of drug-likeness (QED) is 0.764. The molecular formula is C10H16N2O. The molecule has 0 saturated heterocycles. The molecule has 0 aliphatic carbocycles. The molecule has 0 spiro atoms. The molecule has 1 aromatic heterocycles. The van der Waals surface area contributed by atoms with Crippen molar-refractivity contribution >= 4 is 6.08 Å². The van der Waals surface area contributed by atoms with Gasteiger partial charge >= 0.3 is 0 Å². The third-order valence-electron chi connectivity index (χ3n) is 1.98. The van der Waals surface area contributed by atoms with E-state index in [0.717, 1.165) is 11.3 Å². The van der Waals surface area contributed by atoms with E-state index in [1.54, 1.807) is 6.33 Å². The van der Waals surface area contributed by atoms with Gasteiger partial charge in [-0.15, -0.1) is 0 Å². The van der Waals surface area contributed by atoms with Gasteiger partial charge in [-0.05, 0) is 17.6 Å². The fourth-order valence-corrected chi connectivity index (χ4v) is 1.09. The highest BCUT2D eigenvalue weighted by molar-refractivity contribution is 5.48. The first kappa shape index (κ1) is 9.99. The lowest BCUT2D eigenvalue weighted by molar-refractivity contribution is 0.320. The Labute approximate surface area is 78.7 Å². The minimum atomic E-state index is 0.105. The molecule has 0 atom stereocenters. The van der Waals surface area contributed by atoms with Crippen LogP contribution in [0.5, 0.6) is 0 Å². The van der Waals surface area contributed by atoms with Crippen molar-refractivity contribution in [1.82, 2.24) is 9.55 Å². The number of nitrogens with zero attached hydrogens (tertiary/aromatic N) is 2. The first-order valence-electron chi connectivity index (χ1n) is 4.42. The summed E-state index contributed by atoms with van der Waals surface area (Å²) in [5, 5.41) is 9.06. The molecule has 1 N–H and O–H groups in total. The number of hydrogen-bond acceptors (Lipinski definition) is 2. The Kier molecular flexibility index (Phi) is 3.25. The van der Waals surface area contributed by atoms with Gasteiger partial charge in [0.05, 0.1) is 18.6 Å². The van der Waals surface area contributed by atoms with Crippen LogP contribution in [-0.4, -0.2) is 21.3 Å². The molecule has 13 heavy (non-hydrogen) atoms. The molecule has 0 fully saturated rings. The Balaban J connectivity index is 2.84. The summed E-state index contributed by atoms with van der Waals surface area (Å²) in [7, 11) is 1.93. The van der Waals surface area contributed by atoms with Gasteiger partial charge in [-0.2, -0.15) is 0 Å². The molecule has 3 nitrogen and oxygen atoms in total. The maximum Gasteiger partial charge on any atom is 0.0950 e. The molecule has 0 aliphatic rings. The first-order chi connectivity index (χ1) is 6.13. The summed E-state index contributed by atoms with van der Waals surface area (Å²) in [5.74, 6) is 0.368. The van der Waals surface area contributed by atoms with E-state index in [-0.39, 0.29) is 6.61 Å². The van der Waals surface area contributed by atoms with E-state index < -0.39 is 0 Å². The van der Waals surface area contributed by atoms with E-state index >= 15 is 0 Å². The molecule has 0 unspecified atom stereocenters. The van der Waals surface area contributed by atoms with Gasteiger partial charge in [-0.25, -0.2) is 4.98 Å². The summed E-state index contributed by atoms with van der Waals surface area (Å²) in [6.07, 6.45) is 5.61. The largest absolute Gasteiger partial charge is 0.392 e. The van der Waals surface area contributed by atoms with Crippen molar-refractivity contribution in [3.63, 3.8) is 0 Å². The average molecular weight is 180 g/mol. The Morgan fingerprint density at radius 2 is 2.38 bits per heavy atom. The highest BCUT2D eigenvalue weighted by Gasteiger charge is 2.02. The maximum absolute atomic E-state index is 9.06. The summed E-state index contributed by atoms with van der Waals surface area (Å²) in [4.78, 5) is 4.16. The molecule has 1 heterocycles. The van der Waals surface area contributed by atoms with Crippen molar-refractivity contribution in [3.05, 3.63) is 23.8 Å². The fraction of sp³-hybridized carbons (Fsp3) is 0.500. The van der Waals surface area contributed by atoms with Crippen LogP contribution in [0.25, 0.3) is 6.08 Å². The fourth-order valence-electron chi connectivity index (χ4n) is 1.09. The summed E-state index contributed by atoms with van der Waals surface area (Å²) in [6.45, 7) is 4.23. The topological polar surface area (TPSA) is 38.0 Å². The van der Waals surface area contributed by atoms with Gasteiger partial charge in [-0.3, -0.25) is 0 Å². The van der Waals surface area contributed by atoms with Crippen LogP contribution in [0.1, 0.15) is 19.5 Å². The summed E-state index contributed by atoms with van der Waals surface area (Å²) < 4.78 is 1.89. The van der Waals surface area contributed by atoms with Crippen LogP contribution in [0.2, 0.25) is 0 Å². The smallest absolute Gasteiger partial charge is 0.0950 e. The van der Waals surface area contributed by atoms with Crippen LogP contribution in [0.15, 0.2) is 18.1 Å². The Morgan fingerprint density at radius 1 is 1.69 bits per heavy atom. The standard InChI is InChI=1S/C10H16N2O/c1-8(2)9(6-13)4-10-5-12(3)7-11-10/h4-5,7-8,13H,6H2,1-3H3/b9-4-. The van der Waals surface area contributed by atoms with Gasteiger partial charge in [0.1, 0.15) is 0 Å². The van der Waals surface area contributed by atoms with Crippen LogP contribution in [-0.2, 0) is 7.05 Å². The number of hydrogen-bond donors (Lipinski definition) is 1. The number of aryl methyl sites for hydroxylation is 1. The molecular weight excluding hydrogens is 164 g/mol. The lowest BCUT2D eigenvalue weighted by Gasteiger charge is -2.06. The lowest BCUT2D eigenvalue weighted by atomic mass is 10.0. The van der Waals surface area contributed by atoms with Gasteiger partial charge in [0.25, 0.3) is 0 Å². The minimum absolute atomic E-state index is 0.105. The van der Waals surface area contributed by atoms with Crippen molar-refractivity contribution in [3.8, 4) is 0 Å². The second-order valence-electron chi connectivity index (χ2n) is 3.50. The van der Waals surface area contributed by atoms with Crippen molar-refractivity contribution in [2.75, 3.05) is 6.61 Å². The molecule has 0 aliphatic heterocycles. The summed E-state index contributed by atoms with van der Waals surface area (Å²) >= 11 is 0. The van der Waals surface area contributed by atoms with E-state index in [1.165, 1.54) is 0 Å². The van der Waals surface area contributed by atoms with E-state index in [2.05, 4.69) is 18.8 Å². The van der Waals surface area contributed by atoms with Crippen molar-refractivity contribution in [2.24, 2.45) is 13.0 Å². The normalized spacial score (nSPS) is 12.5. The third kappa shape index (κ3) is 2.70. The zero-order valence-corrected chi connectivity index (χ0v) is 8.36. The molecule has 0 amide bonds.